The van der Waals surface area contributed by atoms with Crippen molar-refractivity contribution in [3.05, 3.63) is 72.4 Å². The number of rotatable bonds is 4. The lowest BCUT2D eigenvalue weighted by Crippen LogP contribution is -2.07. The second-order valence-electron chi connectivity index (χ2n) is 5.54. The summed E-state index contributed by atoms with van der Waals surface area (Å²) in [4.78, 5) is 11.4. The van der Waals surface area contributed by atoms with Gasteiger partial charge in [-0.15, -0.1) is 0 Å². The lowest BCUT2D eigenvalue weighted by Gasteiger charge is -2.05. The second-order valence-corrected chi connectivity index (χ2v) is 5.54. The van der Waals surface area contributed by atoms with Gasteiger partial charge < -0.3 is 11.1 Å². The Morgan fingerprint density at radius 1 is 1.30 bits per heavy atom. The Hall–Kier alpha value is -3.99. The van der Waals surface area contributed by atoms with E-state index < -0.39 is 17.2 Å². The molecule has 0 spiro atoms. The molecule has 0 aliphatic carbocycles. The molecule has 8 heteroatoms. The monoisotopic (exact) mass is 365 g/mol. The zero-order valence-corrected chi connectivity index (χ0v) is 13.9. The van der Waals surface area contributed by atoms with Gasteiger partial charge >= 0.3 is 0 Å². The van der Waals surface area contributed by atoms with E-state index in [0.717, 1.165) is 18.2 Å². The highest BCUT2D eigenvalue weighted by Gasteiger charge is 2.16. The summed E-state index contributed by atoms with van der Waals surface area (Å²) >= 11 is 0. The molecule has 134 valence electrons. The summed E-state index contributed by atoms with van der Waals surface area (Å²) in [5.41, 5.74) is 6.79. The van der Waals surface area contributed by atoms with Crippen molar-refractivity contribution >= 4 is 17.4 Å². The minimum absolute atomic E-state index is 0.0547. The Labute approximate surface area is 153 Å². The Balaban J connectivity index is 2.01. The van der Waals surface area contributed by atoms with Gasteiger partial charge in [0, 0.05) is 17.4 Å². The molecule has 27 heavy (non-hydrogen) atoms. The number of carbonyl (C=O) groups excluding carboxylic acids is 1. The fraction of sp³-hybridized carbons (Fsp3) is 0. The number of nitrogens with two attached hydrogens (primary N) is 1. The number of nitriles is 1. The average Bonchev–Trinajstić information content (AvgIpc) is 3.03. The number of halogens is 2. The topological polar surface area (TPSA) is 96.7 Å². The first-order valence-corrected chi connectivity index (χ1v) is 7.71. The van der Waals surface area contributed by atoms with E-state index in [1.54, 1.807) is 24.3 Å². The molecule has 1 aromatic heterocycles. The third kappa shape index (κ3) is 3.52. The van der Waals surface area contributed by atoms with Gasteiger partial charge in [0.05, 0.1) is 5.69 Å². The van der Waals surface area contributed by atoms with Crippen LogP contribution in [0.5, 0.6) is 0 Å². The minimum Gasteiger partial charge on any atom is -0.382 e. The standard InChI is InChI=1S/C19H13F2N5O/c1-2-18(27)24-12-4-3-5-13(8-12)26-10-15(19(23)25-26)11-6-16(20)14(9-22)17(21)7-11/h2-8,10H,1H2,(H2,23,25)(H,24,27). The third-order valence-corrected chi connectivity index (χ3v) is 3.77. The fourth-order valence-electron chi connectivity index (χ4n) is 2.50. The van der Waals surface area contributed by atoms with E-state index >= 15 is 0 Å². The van der Waals surface area contributed by atoms with Crippen molar-refractivity contribution in [2.45, 2.75) is 0 Å². The summed E-state index contributed by atoms with van der Waals surface area (Å²) in [5.74, 6) is -2.27. The molecule has 3 N–H and O–H groups in total. The number of hydrogen-bond donors (Lipinski definition) is 2. The zero-order chi connectivity index (χ0) is 19.6. The predicted molar refractivity (Wildman–Crippen MR) is 96.9 cm³/mol. The van der Waals surface area contributed by atoms with Gasteiger partial charge in [-0.05, 0) is 42.0 Å². The van der Waals surface area contributed by atoms with Gasteiger partial charge in [-0.3, -0.25) is 4.79 Å². The van der Waals surface area contributed by atoms with Crippen LogP contribution in [0.2, 0.25) is 0 Å². The molecule has 0 saturated heterocycles. The lowest BCUT2D eigenvalue weighted by atomic mass is 10.1. The van der Waals surface area contributed by atoms with Crippen LogP contribution in [0.25, 0.3) is 16.8 Å². The number of nitrogens with one attached hydrogen (secondary N) is 1. The van der Waals surface area contributed by atoms with Crippen LogP contribution in [0.4, 0.5) is 20.3 Å². The SMILES string of the molecule is C=CC(=O)Nc1cccc(-n2cc(-c3cc(F)c(C#N)c(F)c3)c(N)n2)c1. The minimum atomic E-state index is -0.978. The summed E-state index contributed by atoms with van der Waals surface area (Å²) in [7, 11) is 0. The first-order chi connectivity index (χ1) is 12.9. The van der Waals surface area contributed by atoms with Crippen molar-refractivity contribution in [2.24, 2.45) is 0 Å². The molecule has 0 fully saturated rings. The Kier molecular flexibility index (Phi) is 4.68. The van der Waals surface area contributed by atoms with Gasteiger partial charge in [0.15, 0.2) is 5.82 Å². The quantitative estimate of drug-likeness (QED) is 0.693. The summed E-state index contributed by atoms with van der Waals surface area (Å²) < 4.78 is 29.2. The Morgan fingerprint density at radius 3 is 2.63 bits per heavy atom. The molecule has 0 atom stereocenters. The smallest absolute Gasteiger partial charge is 0.247 e. The van der Waals surface area contributed by atoms with E-state index in [2.05, 4.69) is 17.0 Å². The van der Waals surface area contributed by atoms with Crippen molar-refractivity contribution < 1.29 is 13.6 Å². The summed E-state index contributed by atoms with van der Waals surface area (Å²) in [5, 5.41) is 15.5. The van der Waals surface area contributed by atoms with Gasteiger partial charge in [-0.2, -0.15) is 10.4 Å². The van der Waals surface area contributed by atoms with E-state index in [0.29, 0.717) is 16.9 Å². The number of nitrogen functional groups attached to an aromatic ring is 1. The molecular formula is C19H13F2N5O. The van der Waals surface area contributed by atoms with Gasteiger partial charge in [0.1, 0.15) is 23.3 Å². The predicted octanol–water partition coefficient (Wildman–Crippen LogP) is 3.40. The van der Waals surface area contributed by atoms with Gasteiger partial charge in [0.25, 0.3) is 0 Å². The van der Waals surface area contributed by atoms with E-state index in [1.807, 2.05) is 0 Å². The molecule has 0 aliphatic heterocycles. The Morgan fingerprint density at radius 2 is 2.00 bits per heavy atom. The normalized spacial score (nSPS) is 10.3. The highest BCUT2D eigenvalue weighted by atomic mass is 19.1. The summed E-state index contributed by atoms with van der Waals surface area (Å²) in [6.45, 7) is 3.38. The molecule has 1 heterocycles. The number of hydrogen-bond acceptors (Lipinski definition) is 4. The van der Waals surface area contributed by atoms with Crippen LogP contribution in [-0.4, -0.2) is 15.7 Å². The van der Waals surface area contributed by atoms with Crippen LogP contribution < -0.4 is 11.1 Å². The maximum Gasteiger partial charge on any atom is 0.247 e. The molecule has 0 aliphatic rings. The van der Waals surface area contributed by atoms with E-state index in [4.69, 9.17) is 11.0 Å². The number of amides is 1. The molecular weight excluding hydrogens is 352 g/mol. The molecule has 3 aromatic rings. The molecule has 0 radical (unpaired) electrons. The maximum atomic E-state index is 13.9. The zero-order valence-electron chi connectivity index (χ0n) is 13.9. The van der Waals surface area contributed by atoms with Crippen LogP contribution in [0.1, 0.15) is 5.56 Å². The van der Waals surface area contributed by atoms with E-state index in [-0.39, 0.29) is 17.3 Å². The summed E-state index contributed by atoms with van der Waals surface area (Å²) in [6, 6.07) is 10.3. The Bertz CT molecular complexity index is 1070. The van der Waals surface area contributed by atoms with Crippen molar-refractivity contribution in [3.63, 3.8) is 0 Å². The first-order valence-electron chi connectivity index (χ1n) is 7.71. The van der Waals surface area contributed by atoms with Crippen LogP contribution in [-0.2, 0) is 4.79 Å². The molecule has 0 bridgehead atoms. The van der Waals surface area contributed by atoms with Gasteiger partial charge in [0.2, 0.25) is 5.91 Å². The molecule has 6 nitrogen and oxygen atoms in total. The molecule has 3 rings (SSSR count). The fourth-order valence-corrected chi connectivity index (χ4v) is 2.50. The molecule has 0 unspecified atom stereocenters. The highest BCUT2D eigenvalue weighted by molar-refractivity contribution is 5.99. The van der Waals surface area contributed by atoms with Crippen molar-refractivity contribution in [2.75, 3.05) is 11.1 Å². The van der Waals surface area contributed by atoms with Crippen LogP contribution >= 0.6 is 0 Å². The third-order valence-electron chi connectivity index (χ3n) is 3.77. The largest absolute Gasteiger partial charge is 0.382 e. The number of nitrogens with zero attached hydrogens (tertiary/aromatic N) is 3. The van der Waals surface area contributed by atoms with Gasteiger partial charge in [-0.25, -0.2) is 13.5 Å². The van der Waals surface area contributed by atoms with E-state index in [1.165, 1.54) is 16.9 Å². The number of benzene rings is 2. The van der Waals surface area contributed by atoms with Crippen molar-refractivity contribution in [1.29, 1.82) is 5.26 Å². The number of carbonyl (C=O) groups is 1. The lowest BCUT2D eigenvalue weighted by molar-refractivity contribution is -0.111. The molecule has 0 saturated carbocycles. The van der Waals surface area contributed by atoms with Crippen LogP contribution in [0.15, 0.2) is 55.3 Å². The van der Waals surface area contributed by atoms with Crippen molar-refractivity contribution in [3.8, 4) is 22.9 Å². The molecule has 1 amide bonds. The number of aromatic nitrogens is 2. The van der Waals surface area contributed by atoms with Crippen molar-refractivity contribution in [1.82, 2.24) is 9.78 Å². The van der Waals surface area contributed by atoms with Crippen LogP contribution in [0, 0.1) is 23.0 Å². The highest BCUT2D eigenvalue weighted by Crippen LogP contribution is 2.29. The van der Waals surface area contributed by atoms with Gasteiger partial charge in [-0.1, -0.05) is 12.6 Å². The second kappa shape index (κ2) is 7.09. The summed E-state index contributed by atoms with van der Waals surface area (Å²) in [6.07, 6.45) is 2.65. The number of anilines is 2. The maximum absolute atomic E-state index is 13.9. The molecule has 2 aromatic carbocycles. The average molecular weight is 365 g/mol. The van der Waals surface area contributed by atoms with Crippen LogP contribution in [0.3, 0.4) is 0 Å². The first kappa shape index (κ1) is 17.8. The van der Waals surface area contributed by atoms with E-state index in [9.17, 15) is 13.6 Å².